The summed E-state index contributed by atoms with van der Waals surface area (Å²) in [5, 5.41) is 5.81. The van der Waals surface area contributed by atoms with Gasteiger partial charge in [-0.1, -0.05) is 24.3 Å². The summed E-state index contributed by atoms with van der Waals surface area (Å²) in [7, 11) is 0. The molecule has 126 valence electrons. The van der Waals surface area contributed by atoms with E-state index in [0.29, 0.717) is 32.8 Å². The summed E-state index contributed by atoms with van der Waals surface area (Å²) >= 11 is 1.20. The summed E-state index contributed by atoms with van der Waals surface area (Å²) in [6.07, 6.45) is 1.57. The van der Waals surface area contributed by atoms with E-state index in [0.717, 1.165) is 0 Å². The number of carbonyl (C=O) groups excluding carboxylic acids is 2. The molecule has 0 spiro atoms. The van der Waals surface area contributed by atoms with Crippen LogP contribution in [0.25, 0.3) is 10.1 Å². The SMILES string of the molecule is C=CCNC(=O)c1ccccc1NC(=O)c1cc2c(F)cccc2s1. The smallest absolute Gasteiger partial charge is 0.265 e. The van der Waals surface area contributed by atoms with Crippen LogP contribution in [0, 0.1) is 5.82 Å². The minimum absolute atomic E-state index is 0.307. The van der Waals surface area contributed by atoms with Crippen LogP contribution in [0.3, 0.4) is 0 Å². The van der Waals surface area contributed by atoms with Gasteiger partial charge in [-0.15, -0.1) is 17.9 Å². The van der Waals surface area contributed by atoms with E-state index in [4.69, 9.17) is 0 Å². The number of amides is 2. The molecule has 25 heavy (non-hydrogen) atoms. The predicted molar refractivity (Wildman–Crippen MR) is 98.7 cm³/mol. The normalized spacial score (nSPS) is 10.4. The number of benzene rings is 2. The molecular formula is C19H15FN2O2S. The first-order valence-electron chi connectivity index (χ1n) is 7.57. The molecule has 0 bridgehead atoms. The number of rotatable bonds is 5. The van der Waals surface area contributed by atoms with Crippen LogP contribution < -0.4 is 10.6 Å². The lowest BCUT2D eigenvalue weighted by atomic mass is 10.1. The Morgan fingerprint density at radius 2 is 1.92 bits per heavy atom. The van der Waals surface area contributed by atoms with Crippen molar-refractivity contribution in [2.75, 3.05) is 11.9 Å². The predicted octanol–water partition coefficient (Wildman–Crippen LogP) is 4.21. The highest BCUT2D eigenvalue weighted by atomic mass is 32.1. The Hall–Kier alpha value is -2.99. The van der Waals surface area contributed by atoms with Crippen molar-refractivity contribution in [3.63, 3.8) is 0 Å². The third kappa shape index (κ3) is 3.59. The lowest BCUT2D eigenvalue weighted by Gasteiger charge is -2.10. The highest BCUT2D eigenvalue weighted by molar-refractivity contribution is 7.20. The second-order valence-corrected chi connectivity index (χ2v) is 6.34. The molecule has 6 heteroatoms. The molecule has 1 heterocycles. The molecule has 3 aromatic rings. The van der Waals surface area contributed by atoms with Crippen molar-refractivity contribution in [1.82, 2.24) is 5.32 Å². The first kappa shape index (κ1) is 16.9. The Kier molecular flexibility index (Phi) is 4.90. The van der Waals surface area contributed by atoms with Gasteiger partial charge in [-0.25, -0.2) is 4.39 Å². The summed E-state index contributed by atoms with van der Waals surface area (Å²) < 4.78 is 14.5. The standard InChI is InChI=1S/C19H15FN2O2S/c1-2-10-21-18(23)12-6-3-4-8-15(12)22-19(24)17-11-13-14(20)7-5-9-16(13)25-17/h2-9,11H,1,10H2,(H,21,23)(H,22,24). The maximum Gasteiger partial charge on any atom is 0.265 e. The fraction of sp³-hybridized carbons (Fsp3) is 0.0526. The van der Waals surface area contributed by atoms with Crippen molar-refractivity contribution in [3.05, 3.63) is 77.4 Å². The average Bonchev–Trinajstić information content (AvgIpc) is 3.06. The second kappa shape index (κ2) is 7.27. The van der Waals surface area contributed by atoms with Gasteiger partial charge in [-0.3, -0.25) is 9.59 Å². The van der Waals surface area contributed by atoms with Crippen LogP contribution >= 0.6 is 11.3 Å². The zero-order valence-corrected chi connectivity index (χ0v) is 14.0. The molecule has 0 aliphatic heterocycles. The number of fused-ring (bicyclic) bond motifs is 1. The maximum atomic E-state index is 13.8. The Morgan fingerprint density at radius 1 is 1.12 bits per heavy atom. The number of halogens is 1. The van der Waals surface area contributed by atoms with Crippen molar-refractivity contribution < 1.29 is 14.0 Å². The molecule has 4 nitrogen and oxygen atoms in total. The first-order chi connectivity index (χ1) is 12.1. The molecule has 0 saturated carbocycles. The van der Waals surface area contributed by atoms with Crippen LogP contribution in [0.5, 0.6) is 0 Å². The summed E-state index contributed by atoms with van der Waals surface area (Å²) in [5.41, 5.74) is 0.747. The maximum absolute atomic E-state index is 13.8. The Morgan fingerprint density at radius 3 is 2.68 bits per heavy atom. The van der Waals surface area contributed by atoms with Crippen molar-refractivity contribution in [2.45, 2.75) is 0 Å². The Bertz CT molecular complexity index is 965. The van der Waals surface area contributed by atoms with Gasteiger partial charge in [0.05, 0.1) is 16.1 Å². The molecule has 0 saturated heterocycles. The number of hydrogen-bond acceptors (Lipinski definition) is 3. The number of hydrogen-bond donors (Lipinski definition) is 2. The van der Waals surface area contributed by atoms with E-state index in [1.165, 1.54) is 23.5 Å². The molecule has 0 aliphatic carbocycles. The zero-order chi connectivity index (χ0) is 17.8. The van der Waals surface area contributed by atoms with Crippen molar-refractivity contribution in [3.8, 4) is 0 Å². The van der Waals surface area contributed by atoms with Gasteiger partial charge in [0.1, 0.15) is 5.82 Å². The minimum Gasteiger partial charge on any atom is -0.349 e. The molecule has 3 rings (SSSR count). The fourth-order valence-electron chi connectivity index (χ4n) is 2.37. The monoisotopic (exact) mass is 354 g/mol. The summed E-state index contributed by atoms with van der Waals surface area (Å²) in [6, 6.07) is 13.0. The van der Waals surface area contributed by atoms with E-state index >= 15 is 0 Å². The quantitative estimate of drug-likeness (QED) is 0.675. The van der Waals surface area contributed by atoms with Crippen molar-refractivity contribution >= 4 is 38.9 Å². The van der Waals surface area contributed by atoms with Gasteiger partial charge >= 0.3 is 0 Å². The number of thiophene rings is 1. The Labute approximate surface area is 148 Å². The molecule has 1 aromatic heterocycles. The lowest BCUT2D eigenvalue weighted by Crippen LogP contribution is -2.25. The number of anilines is 1. The van der Waals surface area contributed by atoms with Crippen molar-refractivity contribution in [1.29, 1.82) is 0 Å². The van der Waals surface area contributed by atoms with Crippen LogP contribution in [0.15, 0.2) is 61.2 Å². The highest BCUT2D eigenvalue weighted by Gasteiger charge is 2.16. The highest BCUT2D eigenvalue weighted by Crippen LogP contribution is 2.28. The number of para-hydroxylation sites is 1. The molecule has 0 atom stereocenters. The van der Waals surface area contributed by atoms with E-state index in [-0.39, 0.29) is 17.6 Å². The molecule has 0 fully saturated rings. The summed E-state index contributed by atoms with van der Waals surface area (Å²) in [5.74, 6) is -1.06. The molecule has 2 amide bonds. The van der Waals surface area contributed by atoms with E-state index in [1.807, 2.05) is 0 Å². The van der Waals surface area contributed by atoms with Gasteiger partial charge in [0.25, 0.3) is 11.8 Å². The molecule has 0 radical (unpaired) electrons. The average molecular weight is 354 g/mol. The van der Waals surface area contributed by atoms with E-state index in [2.05, 4.69) is 17.2 Å². The lowest BCUT2D eigenvalue weighted by molar-refractivity contribution is 0.0959. The van der Waals surface area contributed by atoms with E-state index in [9.17, 15) is 14.0 Å². The molecule has 0 aliphatic rings. The molecule has 2 N–H and O–H groups in total. The molecule has 0 unspecified atom stereocenters. The fourth-order valence-corrected chi connectivity index (χ4v) is 3.34. The van der Waals surface area contributed by atoms with Crippen LogP contribution in [-0.2, 0) is 0 Å². The summed E-state index contributed by atoms with van der Waals surface area (Å²) in [4.78, 5) is 25.1. The van der Waals surface area contributed by atoms with Gasteiger partial charge in [0.15, 0.2) is 0 Å². The van der Waals surface area contributed by atoms with Crippen LogP contribution in [0.4, 0.5) is 10.1 Å². The molecule has 2 aromatic carbocycles. The Balaban J connectivity index is 1.86. The second-order valence-electron chi connectivity index (χ2n) is 5.26. The van der Waals surface area contributed by atoms with Gasteiger partial charge in [0, 0.05) is 16.6 Å². The van der Waals surface area contributed by atoms with E-state index in [1.54, 1.807) is 42.5 Å². The summed E-state index contributed by atoms with van der Waals surface area (Å²) in [6.45, 7) is 3.88. The molecular weight excluding hydrogens is 339 g/mol. The van der Waals surface area contributed by atoms with Crippen molar-refractivity contribution in [2.24, 2.45) is 0 Å². The van der Waals surface area contributed by atoms with Crippen LogP contribution in [0.2, 0.25) is 0 Å². The third-order valence-electron chi connectivity index (χ3n) is 3.56. The number of nitrogens with one attached hydrogen (secondary N) is 2. The van der Waals surface area contributed by atoms with E-state index < -0.39 is 0 Å². The van der Waals surface area contributed by atoms with Crippen LogP contribution in [0.1, 0.15) is 20.0 Å². The third-order valence-corrected chi connectivity index (χ3v) is 4.66. The number of carbonyl (C=O) groups is 2. The largest absolute Gasteiger partial charge is 0.349 e. The topological polar surface area (TPSA) is 58.2 Å². The van der Waals surface area contributed by atoms with Crippen LogP contribution in [-0.4, -0.2) is 18.4 Å². The first-order valence-corrected chi connectivity index (χ1v) is 8.39. The van der Waals surface area contributed by atoms with Gasteiger partial charge < -0.3 is 10.6 Å². The van der Waals surface area contributed by atoms with Gasteiger partial charge in [-0.05, 0) is 30.3 Å². The zero-order valence-electron chi connectivity index (χ0n) is 13.2. The van der Waals surface area contributed by atoms with Gasteiger partial charge in [0.2, 0.25) is 0 Å². The van der Waals surface area contributed by atoms with Gasteiger partial charge in [-0.2, -0.15) is 0 Å². The minimum atomic E-state index is -0.385.